The first-order valence-electron chi connectivity index (χ1n) is 36.9. The quantitative estimate of drug-likeness (QED) is 0.0544. The molecule has 1 aromatic carbocycles. The molecule has 3 amide bonds. The van der Waals surface area contributed by atoms with E-state index in [1.807, 2.05) is 52.0 Å². The molecule has 0 bridgehead atoms. The summed E-state index contributed by atoms with van der Waals surface area (Å²) < 4.78 is 126. The molecule has 0 aliphatic carbocycles. The molecular formula is C72H127N5O28S. The number of carbonyl (C=O) groups is 4. The molecule has 1 aliphatic heterocycles. The Morgan fingerprint density at radius 1 is 0.491 bits per heavy atom. The summed E-state index contributed by atoms with van der Waals surface area (Å²) in [5, 5.41) is 16.2. The van der Waals surface area contributed by atoms with Gasteiger partial charge in [-0.25, -0.2) is 4.98 Å². The van der Waals surface area contributed by atoms with Gasteiger partial charge in [0.15, 0.2) is 0 Å². The molecule has 1 aliphatic rings. The van der Waals surface area contributed by atoms with Crippen LogP contribution in [0.4, 0.5) is 0 Å². The molecule has 1 fully saturated rings. The van der Waals surface area contributed by atoms with Gasteiger partial charge in [0.05, 0.1) is 325 Å². The Morgan fingerprint density at radius 2 is 0.802 bits per heavy atom. The number of likely N-dealkylation sites (tertiary alicyclic amines) is 1. The Labute approximate surface area is 631 Å². The SMILES string of the molecule is COCCOCCOCCOCCOCCOCCOCCOCCOCCOCCOCCOCCOCCOCCOCCOCCOCCOCCOCCOCCOCCOCCNC(=O)CCC(=O)OC[C@H](NC(=O)[C@@H]1C[C@@H](O)CN1C(=O)[C@@H](N)C(C)(C)C)c1ccc(-c2scnc2C)cc1. The number of thiazole rings is 1. The maximum atomic E-state index is 13.8. The molecule has 614 valence electrons. The standard InChI is InChI=1S/C72H127N5O28S/c1-60-68(106-59-75-60)62-8-6-61(7-9-62)64(76-70(81)65-56-63(78)57-77(65)71(82)69(73)72(2,3)4)58-105-67(80)11-10-66(79)74-12-13-84-16-17-86-20-21-88-24-25-90-28-29-92-32-33-94-36-37-96-40-41-98-44-45-100-48-49-102-52-53-104-55-54-103-51-50-101-47-46-99-43-42-97-39-38-95-35-34-93-31-30-91-27-26-89-23-22-87-19-18-85-15-14-83-5/h6-9,59,63-65,69,78H,10-58,73H2,1-5H3,(H,74,79)(H,76,81)/t63-,64+,65+,69-/m1/s1. The molecule has 34 heteroatoms. The van der Waals surface area contributed by atoms with E-state index in [4.69, 9.17) is 115 Å². The molecule has 4 atom stereocenters. The number of amides is 3. The Kier molecular flexibility index (Phi) is 61.2. The van der Waals surface area contributed by atoms with Gasteiger partial charge in [0.25, 0.3) is 0 Å². The first kappa shape index (κ1) is 96.0. The van der Waals surface area contributed by atoms with Gasteiger partial charge in [0.1, 0.15) is 12.6 Å². The molecule has 33 nitrogen and oxygen atoms in total. The summed E-state index contributed by atoms with van der Waals surface area (Å²) in [7, 11) is 1.64. The normalized spacial score (nSPS) is 14.5. The highest BCUT2D eigenvalue weighted by molar-refractivity contribution is 7.13. The van der Waals surface area contributed by atoms with E-state index in [1.165, 1.54) is 16.2 Å². The van der Waals surface area contributed by atoms with Crippen LogP contribution in [0.2, 0.25) is 0 Å². The van der Waals surface area contributed by atoms with Gasteiger partial charge in [0, 0.05) is 33.0 Å². The van der Waals surface area contributed by atoms with Crippen molar-refractivity contribution in [2.24, 2.45) is 11.1 Å². The lowest BCUT2D eigenvalue weighted by molar-refractivity contribution is -0.146. The number of nitrogens with zero attached hydrogens (tertiary/aromatic N) is 2. The van der Waals surface area contributed by atoms with Gasteiger partial charge < -0.3 is 135 Å². The Bertz CT molecular complexity index is 2390. The van der Waals surface area contributed by atoms with Gasteiger partial charge in [-0.05, 0) is 23.5 Å². The molecule has 2 heterocycles. The summed E-state index contributed by atoms with van der Waals surface area (Å²) in [4.78, 5) is 59.3. The number of hydrogen-bond acceptors (Lipinski definition) is 31. The number of β-amino-alcohol motifs (C(OH)–C–C–N with tert-alkyl or cyclic N) is 1. The van der Waals surface area contributed by atoms with Crippen LogP contribution in [-0.4, -0.2) is 368 Å². The maximum Gasteiger partial charge on any atom is 0.306 e. The zero-order valence-corrected chi connectivity index (χ0v) is 64.5. The molecule has 0 radical (unpaired) electrons. The van der Waals surface area contributed by atoms with Crippen molar-refractivity contribution in [3.05, 3.63) is 41.0 Å². The van der Waals surface area contributed by atoms with Gasteiger partial charge in [-0.2, -0.15) is 0 Å². The molecule has 1 aromatic heterocycles. The second-order valence-corrected chi connectivity index (χ2v) is 25.4. The lowest BCUT2D eigenvalue weighted by atomic mass is 9.86. The minimum absolute atomic E-state index is 0.0282. The van der Waals surface area contributed by atoms with E-state index in [0.717, 1.165) is 16.1 Å². The fourth-order valence-corrected chi connectivity index (χ4v) is 10.1. The Hall–Kier alpha value is -4.23. The van der Waals surface area contributed by atoms with Crippen molar-refractivity contribution in [3.63, 3.8) is 0 Å². The summed E-state index contributed by atoms with van der Waals surface area (Å²) in [5.74, 6) is -1.94. The first-order chi connectivity index (χ1) is 51.8. The zero-order chi connectivity index (χ0) is 76.3. The number of rotatable bonds is 76. The van der Waals surface area contributed by atoms with Crippen molar-refractivity contribution < 1.29 is 133 Å². The van der Waals surface area contributed by atoms with Crippen LogP contribution in [-0.2, 0) is 128 Å². The topological polar surface area (TPSA) is 367 Å². The second-order valence-electron chi connectivity index (χ2n) is 24.6. The van der Waals surface area contributed by atoms with Gasteiger partial charge in [-0.1, -0.05) is 45.0 Å². The van der Waals surface area contributed by atoms with Crippen LogP contribution in [0, 0.1) is 12.3 Å². The number of benzene rings is 1. The Morgan fingerprint density at radius 3 is 1.09 bits per heavy atom. The van der Waals surface area contributed by atoms with Gasteiger partial charge in [0.2, 0.25) is 17.7 Å². The third-order valence-electron chi connectivity index (χ3n) is 15.1. The minimum atomic E-state index is -0.982. The number of hydrogen-bond donors (Lipinski definition) is 4. The fourth-order valence-electron chi connectivity index (χ4n) is 9.25. The third-order valence-corrected chi connectivity index (χ3v) is 16.1. The van der Waals surface area contributed by atoms with Crippen LogP contribution in [0.15, 0.2) is 29.8 Å². The van der Waals surface area contributed by atoms with Gasteiger partial charge in [-0.3, -0.25) is 19.2 Å². The van der Waals surface area contributed by atoms with E-state index in [9.17, 15) is 24.3 Å². The van der Waals surface area contributed by atoms with E-state index >= 15 is 0 Å². The van der Waals surface area contributed by atoms with Crippen LogP contribution in [0.5, 0.6) is 0 Å². The maximum absolute atomic E-state index is 13.8. The molecule has 0 spiro atoms. The number of esters is 1. The predicted molar refractivity (Wildman–Crippen MR) is 389 cm³/mol. The van der Waals surface area contributed by atoms with Crippen molar-refractivity contribution in [3.8, 4) is 10.4 Å². The fraction of sp³-hybridized carbons (Fsp3) is 0.819. The number of methoxy groups -OCH3 is 1. The zero-order valence-electron chi connectivity index (χ0n) is 63.7. The van der Waals surface area contributed by atoms with E-state index in [-0.39, 0.29) is 51.5 Å². The Balaban J connectivity index is 0.958. The lowest BCUT2D eigenvalue weighted by Crippen LogP contribution is -2.55. The van der Waals surface area contributed by atoms with Crippen LogP contribution >= 0.6 is 11.3 Å². The third kappa shape index (κ3) is 52.8. The largest absolute Gasteiger partial charge is 0.463 e. The highest BCUT2D eigenvalue weighted by Crippen LogP contribution is 2.30. The number of carbonyl (C=O) groups excluding carboxylic acids is 4. The number of aliphatic hydroxyl groups is 1. The summed E-state index contributed by atoms with van der Waals surface area (Å²) >= 11 is 1.51. The average Bonchev–Trinajstić information content (AvgIpc) is 1.62. The number of aryl methyl sites for hydroxylation is 1. The van der Waals surface area contributed by atoms with Crippen molar-refractivity contribution >= 4 is 35.0 Å². The first-order valence-corrected chi connectivity index (χ1v) is 37.8. The second kappa shape index (κ2) is 67.6. The molecule has 5 N–H and O–H groups in total. The van der Waals surface area contributed by atoms with E-state index in [1.54, 1.807) is 12.6 Å². The monoisotopic (exact) mass is 1540 g/mol. The molecule has 106 heavy (non-hydrogen) atoms. The van der Waals surface area contributed by atoms with E-state index in [0.29, 0.717) is 283 Å². The van der Waals surface area contributed by atoms with Crippen molar-refractivity contribution in [2.75, 3.05) is 311 Å². The highest BCUT2D eigenvalue weighted by atomic mass is 32.1. The van der Waals surface area contributed by atoms with Gasteiger partial charge in [-0.15, -0.1) is 11.3 Å². The highest BCUT2D eigenvalue weighted by Gasteiger charge is 2.43. The van der Waals surface area contributed by atoms with Gasteiger partial charge >= 0.3 is 5.97 Å². The molecule has 0 saturated carbocycles. The summed E-state index contributed by atoms with van der Waals surface area (Å²) in [6, 6.07) is 4.76. The summed E-state index contributed by atoms with van der Waals surface area (Å²) in [5.41, 5.74) is 9.93. The molecule has 3 rings (SSSR count). The van der Waals surface area contributed by atoms with E-state index in [2.05, 4.69) is 15.6 Å². The van der Waals surface area contributed by atoms with Crippen molar-refractivity contribution in [2.45, 2.75) is 71.2 Å². The number of aromatic nitrogens is 1. The minimum Gasteiger partial charge on any atom is -0.463 e. The lowest BCUT2D eigenvalue weighted by Gasteiger charge is -2.33. The molecule has 1 saturated heterocycles. The number of ether oxygens (including phenoxy) is 23. The van der Waals surface area contributed by atoms with Crippen LogP contribution in [0.25, 0.3) is 10.4 Å². The van der Waals surface area contributed by atoms with Crippen LogP contribution in [0.3, 0.4) is 0 Å². The number of nitrogens with two attached hydrogens (primary N) is 1. The molecular weight excluding hydrogens is 1410 g/mol. The predicted octanol–water partition coefficient (Wildman–Crippen LogP) is 2.05. The molecule has 0 unspecified atom stereocenters. The number of nitrogens with one attached hydrogen (secondary N) is 2. The average molecular weight is 1540 g/mol. The number of aliphatic hydroxyl groups excluding tert-OH is 1. The van der Waals surface area contributed by atoms with Crippen molar-refractivity contribution in [1.82, 2.24) is 20.5 Å². The molecule has 2 aromatic rings. The van der Waals surface area contributed by atoms with Crippen LogP contribution in [0.1, 0.15) is 57.3 Å². The summed E-state index contributed by atoms with van der Waals surface area (Å²) in [6.45, 7) is 27.3. The summed E-state index contributed by atoms with van der Waals surface area (Å²) in [6.07, 6.45) is -1.19. The van der Waals surface area contributed by atoms with E-state index < -0.39 is 47.4 Å². The van der Waals surface area contributed by atoms with Crippen molar-refractivity contribution in [1.29, 1.82) is 0 Å². The smallest absolute Gasteiger partial charge is 0.306 e. The van der Waals surface area contributed by atoms with Crippen LogP contribution < -0.4 is 16.4 Å².